The van der Waals surface area contributed by atoms with E-state index in [1.54, 1.807) is 0 Å². The Hall–Kier alpha value is -0.120. The molecule has 3 nitrogen and oxygen atoms in total. The average molecular weight is 160 g/mol. The molecule has 1 N–H and O–H groups in total. The van der Waals surface area contributed by atoms with Gasteiger partial charge < -0.3 is 14.6 Å². The number of aliphatic hydroxyl groups excluding tert-OH is 1. The third-order valence-corrected chi connectivity index (χ3v) is 2.09. The monoisotopic (exact) mass is 160 g/mol. The van der Waals surface area contributed by atoms with E-state index in [1.165, 1.54) is 0 Å². The van der Waals surface area contributed by atoms with Crippen molar-refractivity contribution in [2.45, 2.75) is 25.4 Å². The quantitative estimate of drug-likeness (QED) is 0.655. The molecule has 0 aromatic heterocycles. The molecular formula is C8H16O3. The molecule has 0 radical (unpaired) electrons. The first kappa shape index (κ1) is 8.97. The Balaban J connectivity index is 2.25. The van der Waals surface area contributed by atoms with Gasteiger partial charge in [0.1, 0.15) is 0 Å². The predicted octanol–water partition coefficient (Wildman–Crippen LogP) is 0.564. The van der Waals surface area contributed by atoms with Crippen LogP contribution in [-0.4, -0.2) is 37.1 Å². The molecule has 0 bridgehead atoms. The summed E-state index contributed by atoms with van der Waals surface area (Å²) in [7, 11) is 0. The minimum Gasteiger partial charge on any atom is -0.394 e. The highest BCUT2D eigenvalue weighted by Crippen LogP contribution is 2.23. The van der Waals surface area contributed by atoms with Crippen LogP contribution >= 0.6 is 0 Å². The number of rotatable bonds is 3. The summed E-state index contributed by atoms with van der Waals surface area (Å²) in [6.07, 6.45) is 1.88. The Kier molecular flexibility index (Phi) is 3.30. The fourth-order valence-corrected chi connectivity index (χ4v) is 1.24. The molecule has 0 aliphatic carbocycles. The maximum atomic E-state index is 8.56. The zero-order chi connectivity index (χ0) is 8.16. The molecule has 0 unspecified atom stereocenters. The summed E-state index contributed by atoms with van der Waals surface area (Å²) < 4.78 is 10.7. The lowest BCUT2D eigenvalue weighted by Gasteiger charge is -2.33. The molecule has 0 saturated carbocycles. The third-order valence-electron chi connectivity index (χ3n) is 2.09. The van der Waals surface area contributed by atoms with E-state index in [-0.39, 0.29) is 12.2 Å². The van der Waals surface area contributed by atoms with E-state index < -0.39 is 0 Å². The highest BCUT2D eigenvalue weighted by molar-refractivity contribution is 4.77. The summed E-state index contributed by atoms with van der Waals surface area (Å²) in [6, 6.07) is 0. The van der Waals surface area contributed by atoms with Crippen molar-refractivity contribution in [3.63, 3.8) is 0 Å². The molecule has 1 rings (SSSR count). The minimum absolute atomic E-state index is 0.0546. The van der Waals surface area contributed by atoms with Crippen molar-refractivity contribution in [3.8, 4) is 0 Å². The van der Waals surface area contributed by atoms with Crippen molar-refractivity contribution in [1.82, 2.24) is 0 Å². The van der Waals surface area contributed by atoms with Crippen molar-refractivity contribution in [2.24, 2.45) is 0 Å². The van der Waals surface area contributed by atoms with Gasteiger partial charge in [-0.2, -0.15) is 0 Å². The largest absolute Gasteiger partial charge is 0.394 e. The Labute approximate surface area is 67.3 Å². The van der Waals surface area contributed by atoms with Crippen LogP contribution in [0.5, 0.6) is 0 Å². The second kappa shape index (κ2) is 4.04. The number of hydrogen-bond acceptors (Lipinski definition) is 3. The molecule has 1 aliphatic heterocycles. The van der Waals surface area contributed by atoms with Gasteiger partial charge in [0.25, 0.3) is 0 Å². The van der Waals surface area contributed by atoms with E-state index in [4.69, 9.17) is 14.6 Å². The first-order chi connectivity index (χ1) is 5.27. The Morgan fingerprint density at radius 1 is 1.45 bits per heavy atom. The van der Waals surface area contributed by atoms with Crippen molar-refractivity contribution < 1.29 is 14.6 Å². The molecule has 66 valence electrons. The van der Waals surface area contributed by atoms with Gasteiger partial charge in [-0.05, 0) is 19.8 Å². The molecule has 11 heavy (non-hydrogen) atoms. The standard InChI is InChI=1S/C8H16O3/c1-8(11-7-4-9)2-5-10-6-3-8/h9H,2-7H2,1H3. The van der Waals surface area contributed by atoms with Crippen LogP contribution in [0.3, 0.4) is 0 Å². The summed E-state index contributed by atoms with van der Waals surface area (Å²) in [5.41, 5.74) is -0.0546. The second-order valence-electron chi connectivity index (χ2n) is 3.13. The van der Waals surface area contributed by atoms with Gasteiger partial charge in [-0.1, -0.05) is 0 Å². The lowest BCUT2D eigenvalue weighted by molar-refractivity contribution is -0.106. The summed E-state index contributed by atoms with van der Waals surface area (Å²) in [5.74, 6) is 0. The lowest BCUT2D eigenvalue weighted by atomic mass is 9.97. The van der Waals surface area contributed by atoms with E-state index >= 15 is 0 Å². The van der Waals surface area contributed by atoms with Gasteiger partial charge >= 0.3 is 0 Å². The fourth-order valence-electron chi connectivity index (χ4n) is 1.24. The van der Waals surface area contributed by atoms with Crippen LogP contribution in [0.25, 0.3) is 0 Å². The van der Waals surface area contributed by atoms with Crippen LogP contribution in [0, 0.1) is 0 Å². The van der Waals surface area contributed by atoms with Gasteiger partial charge in [0.15, 0.2) is 0 Å². The molecule has 1 saturated heterocycles. The van der Waals surface area contributed by atoms with E-state index in [9.17, 15) is 0 Å². The molecule has 1 heterocycles. The first-order valence-corrected chi connectivity index (χ1v) is 4.09. The minimum atomic E-state index is -0.0546. The molecule has 0 aromatic carbocycles. The number of ether oxygens (including phenoxy) is 2. The van der Waals surface area contributed by atoms with Crippen LogP contribution < -0.4 is 0 Å². The Bertz CT molecular complexity index is 108. The van der Waals surface area contributed by atoms with E-state index in [0.717, 1.165) is 26.1 Å². The summed E-state index contributed by atoms with van der Waals surface area (Å²) in [5, 5.41) is 8.56. The molecule has 1 aliphatic rings. The maximum Gasteiger partial charge on any atom is 0.0705 e. The van der Waals surface area contributed by atoms with E-state index in [2.05, 4.69) is 6.92 Å². The number of hydrogen-bond donors (Lipinski definition) is 1. The fraction of sp³-hybridized carbons (Fsp3) is 1.00. The van der Waals surface area contributed by atoms with Crippen molar-refractivity contribution >= 4 is 0 Å². The predicted molar refractivity (Wildman–Crippen MR) is 41.5 cm³/mol. The first-order valence-electron chi connectivity index (χ1n) is 4.09. The number of aliphatic hydroxyl groups is 1. The molecule has 0 amide bonds. The van der Waals surface area contributed by atoms with Gasteiger partial charge in [0, 0.05) is 13.2 Å². The molecule has 3 heteroatoms. The normalized spacial score (nSPS) is 23.5. The van der Waals surface area contributed by atoms with Crippen molar-refractivity contribution in [1.29, 1.82) is 0 Å². The van der Waals surface area contributed by atoms with E-state index in [0.29, 0.717) is 6.61 Å². The zero-order valence-electron chi connectivity index (χ0n) is 7.01. The van der Waals surface area contributed by atoms with Crippen molar-refractivity contribution in [2.75, 3.05) is 26.4 Å². The van der Waals surface area contributed by atoms with Gasteiger partial charge in [0.05, 0.1) is 18.8 Å². The average Bonchev–Trinajstić information content (AvgIpc) is 2.03. The summed E-state index contributed by atoms with van der Waals surface area (Å²) >= 11 is 0. The van der Waals surface area contributed by atoms with Gasteiger partial charge in [-0.3, -0.25) is 0 Å². The molecule has 0 aromatic rings. The maximum absolute atomic E-state index is 8.56. The van der Waals surface area contributed by atoms with Crippen LogP contribution in [0.4, 0.5) is 0 Å². The molecular weight excluding hydrogens is 144 g/mol. The van der Waals surface area contributed by atoms with Crippen LogP contribution in [0.1, 0.15) is 19.8 Å². The highest BCUT2D eigenvalue weighted by atomic mass is 16.5. The summed E-state index contributed by atoms with van der Waals surface area (Å²) in [6.45, 7) is 4.18. The Morgan fingerprint density at radius 2 is 2.09 bits per heavy atom. The Morgan fingerprint density at radius 3 is 2.64 bits per heavy atom. The van der Waals surface area contributed by atoms with Crippen LogP contribution in [-0.2, 0) is 9.47 Å². The molecule has 0 spiro atoms. The van der Waals surface area contributed by atoms with E-state index in [1.807, 2.05) is 0 Å². The third kappa shape index (κ3) is 2.77. The van der Waals surface area contributed by atoms with Gasteiger partial charge in [-0.15, -0.1) is 0 Å². The highest BCUT2D eigenvalue weighted by Gasteiger charge is 2.27. The zero-order valence-corrected chi connectivity index (χ0v) is 7.01. The second-order valence-corrected chi connectivity index (χ2v) is 3.13. The van der Waals surface area contributed by atoms with Crippen molar-refractivity contribution in [3.05, 3.63) is 0 Å². The van der Waals surface area contributed by atoms with Gasteiger partial charge in [0.2, 0.25) is 0 Å². The van der Waals surface area contributed by atoms with Gasteiger partial charge in [-0.25, -0.2) is 0 Å². The smallest absolute Gasteiger partial charge is 0.0705 e. The summed E-state index contributed by atoms with van der Waals surface area (Å²) in [4.78, 5) is 0. The SMILES string of the molecule is CC1(OCCO)CCOCC1. The topological polar surface area (TPSA) is 38.7 Å². The molecule has 1 fully saturated rings. The molecule has 0 atom stereocenters. The van der Waals surface area contributed by atoms with Crippen LogP contribution in [0.2, 0.25) is 0 Å². The lowest BCUT2D eigenvalue weighted by Crippen LogP contribution is -2.36. The van der Waals surface area contributed by atoms with Crippen LogP contribution in [0.15, 0.2) is 0 Å².